The van der Waals surface area contributed by atoms with Gasteiger partial charge in [0.1, 0.15) is 11.2 Å². The number of rotatable bonds is 5. The lowest BCUT2D eigenvalue weighted by Gasteiger charge is -2.13. The molecule has 0 bridgehead atoms. The third kappa shape index (κ3) is 4.92. The predicted octanol–water partition coefficient (Wildman–Crippen LogP) is 13.3. The fraction of sp³-hybridized carbons (Fsp3) is 0. The van der Waals surface area contributed by atoms with E-state index in [1.54, 1.807) is 0 Å². The molecule has 0 radical (unpaired) electrons. The first-order valence-corrected chi connectivity index (χ1v) is 18.2. The lowest BCUT2D eigenvalue weighted by atomic mass is 9.98. The van der Waals surface area contributed by atoms with Gasteiger partial charge in [0.05, 0.1) is 22.2 Å². The number of fused-ring (bicyclic) bond motifs is 7. The molecule has 0 aliphatic heterocycles. The zero-order valence-electron chi connectivity index (χ0n) is 29.1. The Kier molecular flexibility index (Phi) is 6.82. The fourth-order valence-electron chi connectivity index (χ4n) is 8.00. The quantitative estimate of drug-likeness (QED) is 0.181. The Morgan fingerprint density at radius 2 is 0.963 bits per heavy atom. The van der Waals surface area contributed by atoms with Crippen LogP contribution in [0.5, 0.6) is 0 Å². The monoisotopic (exact) mass is 689 g/mol. The Morgan fingerprint density at radius 3 is 1.83 bits per heavy atom. The summed E-state index contributed by atoms with van der Waals surface area (Å²) in [4.78, 5) is 10.5. The van der Waals surface area contributed by atoms with Gasteiger partial charge in [-0.1, -0.05) is 127 Å². The second-order valence-corrected chi connectivity index (χ2v) is 13.8. The van der Waals surface area contributed by atoms with Crippen LogP contribution in [0.2, 0.25) is 0 Å². The van der Waals surface area contributed by atoms with Gasteiger partial charge in [-0.25, -0.2) is 9.97 Å². The van der Waals surface area contributed by atoms with Gasteiger partial charge in [-0.2, -0.15) is 0 Å². The van der Waals surface area contributed by atoms with Crippen molar-refractivity contribution in [3.05, 3.63) is 188 Å². The molecule has 11 aromatic rings. The molecule has 3 aromatic heterocycles. The zero-order valence-corrected chi connectivity index (χ0v) is 29.1. The van der Waals surface area contributed by atoms with Crippen molar-refractivity contribution in [2.24, 2.45) is 0 Å². The largest absolute Gasteiger partial charge is 0.456 e. The van der Waals surface area contributed by atoms with E-state index in [-0.39, 0.29) is 0 Å². The summed E-state index contributed by atoms with van der Waals surface area (Å²) in [5.41, 5.74) is 13.6. The summed E-state index contributed by atoms with van der Waals surface area (Å²) >= 11 is 0. The highest BCUT2D eigenvalue weighted by molar-refractivity contribution is 6.10. The summed E-state index contributed by atoms with van der Waals surface area (Å²) in [5.74, 6) is 0.694. The van der Waals surface area contributed by atoms with E-state index in [1.807, 2.05) is 18.2 Å². The Balaban J connectivity index is 1.05. The molecule has 0 aliphatic carbocycles. The molecular formula is C50H31N3O. The summed E-state index contributed by atoms with van der Waals surface area (Å²) in [6.07, 6.45) is 0. The molecule has 8 aromatic carbocycles. The third-order valence-electron chi connectivity index (χ3n) is 10.6. The molecule has 11 rings (SSSR count). The number of aromatic nitrogens is 3. The van der Waals surface area contributed by atoms with Crippen LogP contribution in [-0.2, 0) is 0 Å². The van der Waals surface area contributed by atoms with Gasteiger partial charge < -0.3 is 8.98 Å². The maximum absolute atomic E-state index is 6.10. The highest BCUT2D eigenvalue weighted by Gasteiger charge is 2.17. The van der Waals surface area contributed by atoms with E-state index in [1.165, 1.54) is 21.8 Å². The van der Waals surface area contributed by atoms with Crippen molar-refractivity contribution < 1.29 is 4.42 Å². The number of benzene rings is 8. The van der Waals surface area contributed by atoms with Crippen molar-refractivity contribution in [2.45, 2.75) is 0 Å². The smallest absolute Gasteiger partial charge is 0.160 e. The number of hydrogen-bond donors (Lipinski definition) is 0. The molecular weight excluding hydrogens is 659 g/mol. The van der Waals surface area contributed by atoms with Crippen LogP contribution in [0.15, 0.2) is 192 Å². The van der Waals surface area contributed by atoms with Gasteiger partial charge in [-0.3, -0.25) is 0 Å². The number of hydrogen-bond acceptors (Lipinski definition) is 3. The molecule has 4 heteroatoms. The van der Waals surface area contributed by atoms with Gasteiger partial charge in [0, 0.05) is 43.7 Å². The highest BCUT2D eigenvalue weighted by Crippen LogP contribution is 2.38. The van der Waals surface area contributed by atoms with Gasteiger partial charge in [0.2, 0.25) is 0 Å². The van der Waals surface area contributed by atoms with Crippen molar-refractivity contribution >= 4 is 54.6 Å². The average molecular weight is 690 g/mol. The van der Waals surface area contributed by atoms with E-state index >= 15 is 0 Å². The molecule has 0 spiro atoms. The first-order valence-electron chi connectivity index (χ1n) is 18.2. The van der Waals surface area contributed by atoms with E-state index in [4.69, 9.17) is 14.4 Å². The minimum Gasteiger partial charge on any atom is -0.456 e. The first-order chi connectivity index (χ1) is 26.7. The maximum atomic E-state index is 6.10. The van der Waals surface area contributed by atoms with Gasteiger partial charge in [0.25, 0.3) is 0 Å². The highest BCUT2D eigenvalue weighted by atomic mass is 16.3. The number of para-hydroxylation sites is 3. The van der Waals surface area contributed by atoms with Crippen molar-refractivity contribution in [3.8, 4) is 50.6 Å². The van der Waals surface area contributed by atoms with Gasteiger partial charge in [-0.05, 0) is 82.9 Å². The van der Waals surface area contributed by atoms with Crippen LogP contribution in [0.3, 0.4) is 0 Å². The zero-order chi connectivity index (χ0) is 35.6. The summed E-state index contributed by atoms with van der Waals surface area (Å²) < 4.78 is 8.47. The Bertz CT molecular complexity index is 3210. The molecule has 0 N–H and O–H groups in total. The Morgan fingerprint density at radius 1 is 0.352 bits per heavy atom. The lowest BCUT2D eigenvalue weighted by molar-refractivity contribution is 0.669. The third-order valence-corrected chi connectivity index (χ3v) is 10.6. The van der Waals surface area contributed by atoms with Crippen LogP contribution in [0.4, 0.5) is 0 Å². The first kappa shape index (κ1) is 30.3. The molecule has 0 saturated heterocycles. The molecule has 252 valence electrons. The summed E-state index contributed by atoms with van der Waals surface area (Å²) in [5, 5.41) is 5.72. The summed E-state index contributed by atoms with van der Waals surface area (Å²) in [6.45, 7) is 0. The fourth-order valence-corrected chi connectivity index (χ4v) is 8.00. The Labute approximate surface area is 311 Å². The van der Waals surface area contributed by atoms with Gasteiger partial charge >= 0.3 is 0 Å². The molecule has 0 saturated carbocycles. The summed E-state index contributed by atoms with van der Waals surface area (Å²) in [7, 11) is 0. The van der Waals surface area contributed by atoms with E-state index in [0.29, 0.717) is 5.82 Å². The minimum absolute atomic E-state index is 0.694. The minimum atomic E-state index is 0.694. The van der Waals surface area contributed by atoms with Crippen molar-refractivity contribution in [2.75, 3.05) is 0 Å². The second-order valence-electron chi connectivity index (χ2n) is 13.8. The van der Waals surface area contributed by atoms with Crippen LogP contribution in [-0.4, -0.2) is 14.5 Å². The van der Waals surface area contributed by atoms with E-state index < -0.39 is 0 Å². The van der Waals surface area contributed by atoms with E-state index in [0.717, 1.165) is 77.6 Å². The SMILES string of the molecule is c1ccc(-c2nc(-c3cccc(-c4ccc5oc6ccccc6c5c4)c3)nc3ccc(-c4ccc5c6ccccc6n(-c6ccccc6)c5c4)cc23)cc1. The average Bonchev–Trinajstić information content (AvgIpc) is 3.79. The Hall–Kier alpha value is -7.30. The molecule has 0 atom stereocenters. The van der Waals surface area contributed by atoms with Crippen molar-refractivity contribution in [1.82, 2.24) is 14.5 Å². The van der Waals surface area contributed by atoms with Crippen LogP contribution >= 0.6 is 0 Å². The van der Waals surface area contributed by atoms with E-state index in [9.17, 15) is 0 Å². The second kappa shape index (κ2) is 12.1. The summed E-state index contributed by atoms with van der Waals surface area (Å²) in [6, 6.07) is 66.2. The van der Waals surface area contributed by atoms with Gasteiger partial charge in [0.15, 0.2) is 5.82 Å². The van der Waals surface area contributed by atoms with E-state index in [2.05, 4.69) is 174 Å². The van der Waals surface area contributed by atoms with Crippen molar-refractivity contribution in [1.29, 1.82) is 0 Å². The molecule has 4 nitrogen and oxygen atoms in total. The molecule has 0 amide bonds. The number of nitrogens with zero attached hydrogens (tertiary/aromatic N) is 3. The van der Waals surface area contributed by atoms with Crippen molar-refractivity contribution in [3.63, 3.8) is 0 Å². The molecule has 54 heavy (non-hydrogen) atoms. The topological polar surface area (TPSA) is 43.9 Å². The molecule has 3 heterocycles. The molecule has 0 unspecified atom stereocenters. The van der Waals surface area contributed by atoms with Crippen LogP contribution < -0.4 is 0 Å². The van der Waals surface area contributed by atoms with Crippen LogP contribution in [0, 0.1) is 0 Å². The number of furan rings is 1. The molecule has 0 fully saturated rings. The van der Waals surface area contributed by atoms with Crippen LogP contribution in [0.1, 0.15) is 0 Å². The maximum Gasteiger partial charge on any atom is 0.160 e. The molecule has 0 aliphatic rings. The lowest BCUT2D eigenvalue weighted by Crippen LogP contribution is -1.96. The standard InChI is InChI=1S/C50H31N3O/c1-3-12-32(13-4-1)49-43-30-34(36-22-25-40-39-18-7-9-20-45(39)53(46(40)31-36)38-16-5-2-6-17-38)23-26-44(43)51-50(52-49)37-15-11-14-33(28-37)35-24-27-48-42(29-35)41-19-8-10-21-47(41)54-48/h1-31H. The van der Waals surface area contributed by atoms with Crippen LogP contribution in [0.25, 0.3) is 105 Å². The predicted molar refractivity (Wildman–Crippen MR) is 223 cm³/mol. The van der Waals surface area contributed by atoms with Gasteiger partial charge in [-0.15, -0.1) is 0 Å². The normalized spacial score (nSPS) is 11.7.